The Hall–Kier alpha value is -2.87. The lowest BCUT2D eigenvalue weighted by atomic mass is 9.79. The molecule has 2 aliphatic carbocycles. The van der Waals surface area contributed by atoms with Gasteiger partial charge in [0.15, 0.2) is 0 Å². The molecule has 7 nitrogen and oxygen atoms in total. The Kier molecular flexibility index (Phi) is 4.97. The number of alkyl halides is 1. The standard InChI is InChI=1S/C23H21BrN2O5/c1-30-14-7-5-12(6-8-14)25-21(27)11-3-2-4-13(9-11)26-22(28)17-15-10-16-18(17)23(29)31-20(16)19(15)24/h2-9,15-20H,10H2,1H3,(H,25,27)(H,26,28)/t15-,16-,17-,18-,19-,20+/m1/s1. The Labute approximate surface area is 187 Å². The number of methoxy groups -OCH3 is 1. The summed E-state index contributed by atoms with van der Waals surface area (Å²) in [6, 6.07) is 13.8. The van der Waals surface area contributed by atoms with Crippen molar-refractivity contribution in [2.24, 2.45) is 23.7 Å². The van der Waals surface area contributed by atoms with E-state index < -0.39 is 5.92 Å². The Morgan fingerprint density at radius 2 is 1.84 bits per heavy atom. The molecule has 5 rings (SSSR count). The Morgan fingerprint density at radius 3 is 2.58 bits per heavy atom. The van der Waals surface area contributed by atoms with E-state index in [2.05, 4.69) is 26.6 Å². The summed E-state index contributed by atoms with van der Waals surface area (Å²) < 4.78 is 10.6. The molecule has 2 N–H and O–H groups in total. The molecule has 0 spiro atoms. The fourth-order valence-corrected chi connectivity index (χ4v) is 6.22. The second kappa shape index (κ2) is 7.67. The molecule has 3 aliphatic rings. The lowest BCUT2D eigenvalue weighted by Crippen LogP contribution is -2.40. The maximum Gasteiger partial charge on any atom is 0.310 e. The number of carbonyl (C=O) groups is 3. The average Bonchev–Trinajstić information content (AvgIpc) is 3.39. The third kappa shape index (κ3) is 3.39. The van der Waals surface area contributed by atoms with Gasteiger partial charge < -0.3 is 20.1 Å². The summed E-state index contributed by atoms with van der Waals surface area (Å²) in [6.07, 6.45) is 0.705. The second-order valence-electron chi connectivity index (χ2n) is 8.21. The first-order valence-corrected chi connectivity index (χ1v) is 11.1. The Morgan fingerprint density at radius 1 is 1.06 bits per heavy atom. The van der Waals surface area contributed by atoms with Gasteiger partial charge in [0.25, 0.3) is 5.91 Å². The van der Waals surface area contributed by atoms with Crippen LogP contribution in [-0.2, 0) is 14.3 Å². The van der Waals surface area contributed by atoms with Crippen molar-refractivity contribution in [1.82, 2.24) is 0 Å². The van der Waals surface area contributed by atoms with Crippen molar-refractivity contribution >= 4 is 45.1 Å². The van der Waals surface area contributed by atoms with Crippen molar-refractivity contribution in [1.29, 1.82) is 0 Å². The first kappa shape index (κ1) is 20.1. The number of fused-ring (bicyclic) bond motifs is 1. The number of ether oxygens (including phenoxy) is 2. The van der Waals surface area contributed by atoms with Gasteiger partial charge in [-0.2, -0.15) is 0 Å². The summed E-state index contributed by atoms with van der Waals surface area (Å²) in [5.41, 5.74) is 1.57. The summed E-state index contributed by atoms with van der Waals surface area (Å²) in [5, 5.41) is 5.73. The van der Waals surface area contributed by atoms with Crippen molar-refractivity contribution < 1.29 is 23.9 Å². The predicted octanol–water partition coefficient (Wildman–Crippen LogP) is 3.46. The first-order valence-electron chi connectivity index (χ1n) is 10.2. The van der Waals surface area contributed by atoms with Gasteiger partial charge >= 0.3 is 5.97 Å². The van der Waals surface area contributed by atoms with Crippen molar-refractivity contribution in [2.75, 3.05) is 17.7 Å². The van der Waals surface area contributed by atoms with E-state index in [-0.39, 0.29) is 46.5 Å². The summed E-state index contributed by atoms with van der Waals surface area (Å²) >= 11 is 3.62. The number of hydrogen-bond acceptors (Lipinski definition) is 5. The van der Waals surface area contributed by atoms with Gasteiger partial charge in [0.1, 0.15) is 11.9 Å². The zero-order chi connectivity index (χ0) is 21.7. The van der Waals surface area contributed by atoms with Crippen LogP contribution in [0.2, 0.25) is 0 Å². The predicted molar refractivity (Wildman–Crippen MR) is 117 cm³/mol. The molecule has 2 bridgehead atoms. The topological polar surface area (TPSA) is 93.7 Å². The molecule has 2 aromatic rings. The second-order valence-corrected chi connectivity index (χ2v) is 9.27. The highest BCUT2D eigenvalue weighted by Gasteiger charge is 2.67. The van der Waals surface area contributed by atoms with E-state index >= 15 is 0 Å². The van der Waals surface area contributed by atoms with Crippen molar-refractivity contribution in [2.45, 2.75) is 17.4 Å². The van der Waals surface area contributed by atoms with Crippen LogP contribution in [0.1, 0.15) is 16.8 Å². The summed E-state index contributed by atoms with van der Waals surface area (Å²) in [4.78, 5) is 38.0. The molecule has 8 heteroatoms. The molecule has 6 atom stereocenters. The fraction of sp³-hybridized carbons (Fsp3) is 0.348. The van der Waals surface area contributed by atoms with Crippen LogP contribution >= 0.6 is 15.9 Å². The number of halogens is 1. The highest BCUT2D eigenvalue weighted by Crippen LogP contribution is 2.60. The molecule has 3 fully saturated rings. The van der Waals surface area contributed by atoms with Crippen molar-refractivity contribution in [3.05, 3.63) is 54.1 Å². The van der Waals surface area contributed by atoms with E-state index in [1.165, 1.54) is 0 Å². The van der Waals surface area contributed by atoms with E-state index in [0.717, 1.165) is 6.42 Å². The molecule has 2 amide bonds. The van der Waals surface area contributed by atoms with Crippen LogP contribution in [0.25, 0.3) is 0 Å². The number of carbonyl (C=O) groups excluding carboxylic acids is 3. The molecular weight excluding hydrogens is 464 g/mol. The Balaban J connectivity index is 1.28. The molecule has 2 aromatic carbocycles. The van der Waals surface area contributed by atoms with E-state index in [1.54, 1.807) is 55.6 Å². The summed E-state index contributed by atoms with van der Waals surface area (Å²) in [6.45, 7) is 0. The number of nitrogens with one attached hydrogen (secondary N) is 2. The number of rotatable bonds is 5. The third-order valence-corrected chi connectivity index (χ3v) is 7.77. The average molecular weight is 485 g/mol. The summed E-state index contributed by atoms with van der Waals surface area (Å²) in [5.74, 6) is -0.662. The van der Waals surface area contributed by atoms with Gasteiger partial charge in [0.2, 0.25) is 5.91 Å². The molecule has 0 radical (unpaired) electrons. The number of esters is 1. The Bertz CT molecular complexity index is 1060. The molecule has 0 unspecified atom stereocenters. The molecule has 160 valence electrons. The van der Waals surface area contributed by atoms with Crippen LogP contribution in [0, 0.1) is 23.7 Å². The maximum absolute atomic E-state index is 13.1. The lowest BCUT2D eigenvalue weighted by molar-refractivity contribution is -0.145. The number of anilines is 2. The summed E-state index contributed by atoms with van der Waals surface area (Å²) in [7, 11) is 1.58. The van der Waals surface area contributed by atoms with Gasteiger partial charge in [0, 0.05) is 22.9 Å². The third-order valence-electron chi connectivity index (χ3n) is 6.57. The number of hydrogen-bond donors (Lipinski definition) is 2. The first-order chi connectivity index (χ1) is 15.0. The molecular formula is C23H21BrN2O5. The lowest BCUT2D eigenvalue weighted by Gasteiger charge is -2.27. The van der Waals surface area contributed by atoms with E-state index in [9.17, 15) is 14.4 Å². The monoisotopic (exact) mass is 484 g/mol. The minimum absolute atomic E-state index is 0.0116. The molecule has 1 saturated heterocycles. The van der Waals surface area contributed by atoms with E-state index in [1.807, 2.05) is 0 Å². The number of amides is 2. The smallest absolute Gasteiger partial charge is 0.310 e. The van der Waals surface area contributed by atoms with Gasteiger partial charge in [-0.15, -0.1) is 0 Å². The van der Waals surface area contributed by atoms with Gasteiger partial charge in [0.05, 0.1) is 23.8 Å². The van der Waals surface area contributed by atoms with Crippen molar-refractivity contribution in [3.8, 4) is 5.75 Å². The van der Waals surface area contributed by atoms with Crippen LogP contribution < -0.4 is 15.4 Å². The maximum atomic E-state index is 13.1. The highest BCUT2D eigenvalue weighted by molar-refractivity contribution is 9.09. The van der Waals surface area contributed by atoms with Crippen LogP contribution in [0.5, 0.6) is 5.75 Å². The molecule has 31 heavy (non-hydrogen) atoms. The molecule has 1 aliphatic heterocycles. The largest absolute Gasteiger partial charge is 0.497 e. The van der Waals surface area contributed by atoms with Crippen LogP contribution in [0.3, 0.4) is 0 Å². The van der Waals surface area contributed by atoms with Crippen LogP contribution in [0.4, 0.5) is 11.4 Å². The van der Waals surface area contributed by atoms with E-state index in [0.29, 0.717) is 22.7 Å². The number of benzene rings is 2. The molecule has 0 aromatic heterocycles. The van der Waals surface area contributed by atoms with Gasteiger partial charge in [-0.1, -0.05) is 22.0 Å². The van der Waals surface area contributed by atoms with Gasteiger partial charge in [-0.25, -0.2) is 0 Å². The highest BCUT2D eigenvalue weighted by atomic mass is 79.9. The quantitative estimate of drug-likeness (QED) is 0.500. The normalized spacial score (nSPS) is 30.1. The van der Waals surface area contributed by atoms with Gasteiger partial charge in [-0.3, -0.25) is 14.4 Å². The zero-order valence-corrected chi connectivity index (χ0v) is 18.3. The van der Waals surface area contributed by atoms with E-state index in [4.69, 9.17) is 9.47 Å². The van der Waals surface area contributed by atoms with Crippen molar-refractivity contribution in [3.63, 3.8) is 0 Å². The van der Waals surface area contributed by atoms with Crippen LogP contribution in [0.15, 0.2) is 48.5 Å². The fourth-order valence-electron chi connectivity index (χ4n) is 5.17. The molecule has 2 saturated carbocycles. The molecule has 1 heterocycles. The minimum atomic E-state index is -0.419. The van der Waals surface area contributed by atoms with Crippen LogP contribution in [-0.4, -0.2) is 35.8 Å². The minimum Gasteiger partial charge on any atom is -0.497 e. The zero-order valence-electron chi connectivity index (χ0n) is 16.7. The van der Waals surface area contributed by atoms with Gasteiger partial charge in [-0.05, 0) is 54.8 Å². The SMILES string of the molecule is COc1ccc(NC(=O)c2cccc(NC(=O)[C@@H]3[C@H]4C[C@H]5[C@H](OC(=O)[C@H]53)[C@@H]4Br)c2)cc1.